The van der Waals surface area contributed by atoms with Gasteiger partial charge in [0.2, 0.25) is 5.91 Å². The molecule has 2 amide bonds. The van der Waals surface area contributed by atoms with Gasteiger partial charge in [0.15, 0.2) is 6.61 Å². The summed E-state index contributed by atoms with van der Waals surface area (Å²) < 4.78 is 38.8. The molecular formula is C25H32F2N4O4S. The molecule has 0 saturated heterocycles. The molecule has 11 heteroatoms. The molecule has 4 rings (SSSR count). The van der Waals surface area contributed by atoms with Crippen molar-refractivity contribution in [2.24, 2.45) is 5.92 Å². The van der Waals surface area contributed by atoms with Gasteiger partial charge in [0.25, 0.3) is 11.8 Å². The van der Waals surface area contributed by atoms with Crippen LogP contribution >= 0.6 is 11.8 Å². The number of nitrogens with zero attached hydrogens (tertiary/aromatic N) is 2. The Labute approximate surface area is 213 Å². The number of hydrogen-bond acceptors (Lipinski definition) is 6. The van der Waals surface area contributed by atoms with E-state index in [2.05, 4.69) is 10.6 Å². The lowest BCUT2D eigenvalue weighted by molar-refractivity contribution is -0.113. The van der Waals surface area contributed by atoms with E-state index in [1.54, 1.807) is 28.9 Å². The molecule has 0 radical (unpaired) electrons. The smallest absolute Gasteiger partial charge is 0.278 e. The van der Waals surface area contributed by atoms with Crippen LogP contribution in [-0.4, -0.2) is 58.8 Å². The van der Waals surface area contributed by atoms with Crippen molar-refractivity contribution >= 4 is 29.4 Å². The van der Waals surface area contributed by atoms with Crippen molar-refractivity contribution in [2.45, 2.75) is 57.5 Å². The third kappa shape index (κ3) is 7.35. The SMILES string of the molecule is CSCC(=O)Nc1c2c(nn1CCC1CC1)C[C@H](CCOc1cccc(OCC(C)(F)F)c1)NC2=O. The van der Waals surface area contributed by atoms with Gasteiger partial charge in [-0.05, 0) is 30.7 Å². The molecule has 0 unspecified atom stereocenters. The molecule has 36 heavy (non-hydrogen) atoms. The Bertz CT molecular complexity index is 1080. The van der Waals surface area contributed by atoms with Gasteiger partial charge in [-0.25, -0.2) is 13.5 Å². The average molecular weight is 523 g/mol. The van der Waals surface area contributed by atoms with Gasteiger partial charge in [-0.2, -0.15) is 16.9 Å². The zero-order chi connectivity index (χ0) is 25.7. The first kappa shape index (κ1) is 26.2. The third-order valence-electron chi connectivity index (χ3n) is 6.04. The molecule has 2 heterocycles. The molecule has 196 valence electrons. The standard InChI is InChI=1S/C25H32F2N4O4S/c1-25(26,27)15-35-19-5-3-4-18(13-19)34-11-9-17-12-20-22(24(33)28-17)23(29-21(32)14-36-2)31(30-20)10-8-16-6-7-16/h3-5,13,16-17H,6-12,14-15H2,1-2H3,(H,28,33)(H,29,32)/t17-/m0/s1. The van der Waals surface area contributed by atoms with E-state index in [0.717, 1.165) is 13.3 Å². The third-order valence-corrected chi connectivity index (χ3v) is 6.59. The van der Waals surface area contributed by atoms with Crippen LogP contribution in [0, 0.1) is 5.92 Å². The van der Waals surface area contributed by atoms with Gasteiger partial charge in [0.1, 0.15) is 22.9 Å². The molecule has 0 bridgehead atoms. The molecule has 1 aliphatic heterocycles. The largest absolute Gasteiger partial charge is 0.493 e. The first-order valence-corrected chi connectivity index (χ1v) is 13.5. The number of amides is 2. The van der Waals surface area contributed by atoms with Crippen LogP contribution in [0.1, 0.15) is 48.7 Å². The Morgan fingerprint density at radius 1 is 1.28 bits per heavy atom. The van der Waals surface area contributed by atoms with Crippen LogP contribution in [0.25, 0.3) is 0 Å². The van der Waals surface area contributed by atoms with Crippen molar-refractivity contribution in [1.82, 2.24) is 15.1 Å². The second-order valence-electron chi connectivity index (χ2n) is 9.45. The lowest BCUT2D eigenvalue weighted by atomic mass is 9.99. The number of carbonyl (C=O) groups is 2. The summed E-state index contributed by atoms with van der Waals surface area (Å²) in [5, 5.41) is 10.6. The van der Waals surface area contributed by atoms with E-state index in [-0.39, 0.29) is 17.9 Å². The van der Waals surface area contributed by atoms with Crippen LogP contribution in [0.2, 0.25) is 0 Å². The zero-order valence-corrected chi connectivity index (χ0v) is 21.3. The topological polar surface area (TPSA) is 94.5 Å². The van der Waals surface area contributed by atoms with Crippen molar-refractivity contribution in [1.29, 1.82) is 0 Å². The van der Waals surface area contributed by atoms with E-state index in [1.807, 2.05) is 6.26 Å². The average Bonchev–Trinajstić information content (AvgIpc) is 3.58. The monoisotopic (exact) mass is 522 g/mol. The summed E-state index contributed by atoms with van der Waals surface area (Å²) in [6.07, 6.45) is 6.33. The number of hydrogen-bond donors (Lipinski definition) is 2. The van der Waals surface area contributed by atoms with Crippen LogP contribution in [0.15, 0.2) is 24.3 Å². The van der Waals surface area contributed by atoms with Gasteiger partial charge in [-0.15, -0.1) is 0 Å². The highest BCUT2D eigenvalue weighted by molar-refractivity contribution is 7.99. The summed E-state index contributed by atoms with van der Waals surface area (Å²) in [5.41, 5.74) is 1.12. The lowest BCUT2D eigenvalue weighted by Gasteiger charge is -2.23. The maximum absolute atomic E-state index is 13.0. The van der Waals surface area contributed by atoms with Crippen molar-refractivity contribution in [3.05, 3.63) is 35.5 Å². The number of fused-ring (bicyclic) bond motifs is 1. The first-order valence-electron chi connectivity index (χ1n) is 12.1. The van der Waals surface area contributed by atoms with Crippen LogP contribution in [-0.2, 0) is 17.8 Å². The van der Waals surface area contributed by atoms with Crippen LogP contribution in [0.5, 0.6) is 11.5 Å². The maximum Gasteiger partial charge on any atom is 0.278 e. The fourth-order valence-electron chi connectivity index (χ4n) is 4.09. The molecule has 1 aliphatic carbocycles. The van der Waals surface area contributed by atoms with E-state index in [0.29, 0.717) is 66.2 Å². The molecule has 2 aliphatic rings. The lowest BCUT2D eigenvalue weighted by Crippen LogP contribution is -2.42. The molecule has 1 aromatic carbocycles. The molecule has 8 nitrogen and oxygen atoms in total. The minimum atomic E-state index is -2.92. The Morgan fingerprint density at radius 2 is 2.03 bits per heavy atom. The van der Waals surface area contributed by atoms with E-state index in [4.69, 9.17) is 14.6 Å². The van der Waals surface area contributed by atoms with Gasteiger partial charge < -0.3 is 20.1 Å². The molecule has 1 fully saturated rings. The molecule has 2 aromatic rings. The highest BCUT2D eigenvalue weighted by Crippen LogP contribution is 2.34. The molecule has 1 atom stereocenters. The normalized spacial score (nSPS) is 17.3. The molecule has 0 spiro atoms. The van der Waals surface area contributed by atoms with E-state index in [9.17, 15) is 18.4 Å². The zero-order valence-electron chi connectivity index (χ0n) is 20.5. The number of aromatic nitrogens is 2. The number of thioether (sulfide) groups is 1. The van der Waals surface area contributed by atoms with Crippen molar-refractivity contribution in [2.75, 3.05) is 30.5 Å². The fraction of sp³-hybridized carbons (Fsp3) is 0.560. The second kappa shape index (κ2) is 11.5. The first-order chi connectivity index (χ1) is 17.2. The number of anilines is 1. The number of alkyl halides is 2. The Hall–Kier alpha value is -2.82. The summed E-state index contributed by atoms with van der Waals surface area (Å²) in [5.74, 6) is -1.05. The predicted molar refractivity (Wildman–Crippen MR) is 134 cm³/mol. The number of aryl methyl sites for hydroxylation is 1. The van der Waals surface area contributed by atoms with E-state index in [1.165, 1.54) is 24.6 Å². The number of ether oxygens (including phenoxy) is 2. The number of rotatable bonds is 13. The number of halogens is 2. The van der Waals surface area contributed by atoms with Crippen molar-refractivity contribution in [3.8, 4) is 11.5 Å². The second-order valence-corrected chi connectivity index (χ2v) is 10.3. The summed E-state index contributed by atoms with van der Waals surface area (Å²) in [7, 11) is 0. The minimum Gasteiger partial charge on any atom is -0.493 e. The fourth-order valence-corrected chi connectivity index (χ4v) is 4.43. The van der Waals surface area contributed by atoms with Crippen molar-refractivity contribution < 1.29 is 27.8 Å². The van der Waals surface area contributed by atoms with Gasteiger partial charge in [-0.3, -0.25) is 9.59 Å². The molecular weight excluding hydrogens is 490 g/mol. The van der Waals surface area contributed by atoms with E-state index < -0.39 is 12.5 Å². The van der Waals surface area contributed by atoms with Gasteiger partial charge in [-0.1, -0.05) is 18.9 Å². The summed E-state index contributed by atoms with van der Waals surface area (Å²) in [4.78, 5) is 25.3. The number of carbonyl (C=O) groups excluding carboxylic acids is 2. The number of benzene rings is 1. The van der Waals surface area contributed by atoms with Gasteiger partial charge in [0, 0.05) is 38.4 Å². The van der Waals surface area contributed by atoms with Gasteiger partial charge in [0.05, 0.1) is 18.1 Å². The Morgan fingerprint density at radius 3 is 2.72 bits per heavy atom. The maximum atomic E-state index is 13.0. The van der Waals surface area contributed by atoms with Gasteiger partial charge >= 0.3 is 0 Å². The van der Waals surface area contributed by atoms with Crippen LogP contribution in [0.4, 0.5) is 14.6 Å². The molecule has 2 N–H and O–H groups in total. The van der Waals surface area contributed by atoms with Crippen molar-refractivity contribution in [3.63, 3.8) is 0 Å². The van der Waals surface area contributed by atoms with Crippen LogP contribution < -0.4 is 20.1 Å². The van der Waals surface area contributed by atoms with Crippen LogP contribution in [0.3, 0.4) is 0 Å². The quantitative estimate of drug-likeness (QED) is 0.411. The Balaban J connectivity index is 1.37. The molecule has 1 aromatic heterocycles. The van der Waals surface area contributed by atoms with E-state index >= 15 is 0 Å². The number of nitrogens with one attached hydrogen (secondary N) is 2. The highest BCUT2D eigenvalue weighted by atomic mass is 32.2. The minimum absolute atomic E-state index is 0.157. The summed E-state index contributed by atoms with van der Waals surface area (Å²) in [6, 6.07) is 6.38. The highest BCUT2D eigenvalue weighted by Gasteiger charge is 2.33. The summed E-state index contributed by atoms with van der Waals surface area (Å²) >= 11 is 1.42. The summed E-state index contributed by atoms with van der Waals surface area (Å²) in [6.45, 7) is 1.07. The molecule has 1 saturated carbocycles. The Kier molecular flexibility index (Phi) is 8.38. The predicted octanol–water partition coefficient (Wildman–Crippen LogP) is 4.14.